The minimum absolute atomic E-state index is 0.127. The molecule has 0 spiro atoms. The molecule has 0 aliphatic heterocycles. The van der Waals surface area contributed by atoms with Crippen molar-refractivity contribution in [1.29, 1.82) is 0 Å². The Morgan fingerprint density at radius 3 is 2.21 bits per heavy atom. The number of carbonyl (C=O) groups is 5. The van der Waals surface area contributed by atoms with Crippen molar-refractivity contribution in [3.05, 3.63) is 29.8 Å². The molecule has 0 aliphatic carbocycles. The molecule has 0 saturated heterocycles. The summed E-state index contributed by atoms with van der Waals surface area (Å²) in [5.41, 5.74) is 11.8. The van der Waals surface area contributed by atoms with Crippen LogP contribution in [0.1, 0.15) is 71.3 Å². The molecule has 0 aliphatic rings. The summed E-state index contributed by atoms with van der Waals surface area (Å²) in [7, 11) is 0. The molecule has 39 heavy (non-hydrogen) atoms. The minimum Gasteiger partial charge on any atom is -0.461 e. The number of anilines is 1. The van der Waals surface area contributed by atoms with Gasteiger partial charge in [0.05, 0.1) is 0 Å². The van der Waals surface area contributed by atoms with E-state index in [-0.39, 0.29) is 50.2 Å². The number of primary amides is 1. The first-order valence-electron chi connectivity index (χ1n) is 13.5. The van der Waals surface area contributed by atoms with Crippen LogP contribution in [0.15, 0.2) is 24.3 Å². The molecule has 0 unspecified atom stereocenters. The maximum absolute atomic E-state index is 13.1. The first kappa shape index (κ1) is 33.4. The zero-order valence-electron chi connectivity index (χ0n) is 23.2. The zero-order chi connectivity index (χ0) is 29.2. The van der Waals surface area contributed by atoms with E-state index in [1.54, 1.807) is 31.2 Å². The summed E-state index contributed by atoms with van der Waals surface area (Å²) < 4.78 is 5.11. The lowest BCUT2D eigenvalue weighted by atomic mass is 10.0. The summed E-state index contributed by atoms with van der Waals surface area (Å²) in [6, 6.07) is 4.35. The zero-order valence-corrected chi connectivity index (χ0v) is 23.2. The maximum Gasteiger partial charge on any atom is 0.312 e. The van der Waals surface area contributed by atoms with Crippen LogP contribution < -0.4 is 32.7 Å². The molecule has 218 valence electrons. The van der Waals surface area contributed by atoms with Crippen LogP contribution in [-0.4, -0.2) is 54.9 Å². The number of hydrogen-bond acceptors (Lipinski definition) is 7. The van der Waals surface area contributed by atoms with Crippen LogP contribution in [-0.2, 0) is 30.5 Å². The summed E-state index contributed by atoms with van der Waals surface area (Å²) in [5.74, 6) is -1.69. The van der Waals surface area contributed by atoms with Crippen molar-refractivity contribution in [2.24, 2.45) is 17.4 Å². The van der Waals surface area contributed by atoms with Crippen LogP contribution in [0.25, 0.3) is 0 Å². The van der Waals surface area contributed by atoms with Crippen LogP contribution in [0.5, 0.6) is 0 Å². The highest BCUT2D eigenvalue weighted by Crippen LogP contribution is 2.13. The largest absolute Gasteiger partial charge is 0.461 e. The lowest BCUT2D eigenvalue weighted by Gasteiger charge is -2.25. The van der Waals surface area contributed by atoms with Gasteiger partial charge in [0.15, 0.2) is 0 Å². The molecule has 1 aromatic carbocycles. The standard InChI is InChI=1S/C27H44N6O6/c1-4-23(35)39-17-19-11-13-20(14-12-19)31-25(36)21(9-8-16-30-27(29)38)32-26(37)24(18(2)3)33-22(34)10-6-5-7-15-28/h11-14,18,21,24H,4-10,15-17,28H2,1-3H3,(H,31,36)(H,32,37)(H,33,34)(H3,29,30,38)/t21-,24-/m0/s1. The molecule has 1 rings (SSSR count). The molecule has 0 saturated carbocycles. The predicted octanol–water partition coefficient (Wildman–Crippen LogP) is 1.67. The van der Waals surface area contributed by atoms with E-state index in [0.717, 1.165) is 18.4 Å². The Hall–Kier alpha value is -3.67. The normalized spacial score (nSPS) is 12.2. The van der Waals surface area contributed by atoms with Gasteiger partial charge >= 0.3 is 12.0 Å². The van der Waals surface area contributed by atoms with Gasteiger partial charge in [0.25, 0.3) is 0 Å². The van der Waals surface area contributed by atoms with Crippen LogP contribution in [0, 0.1) is 5.92 Å². The van der Waals surface area contributed by atoms with Gasteiger partial charge < -0.3 is 37.5 Å². The monoisotopic (exact) mass is 548 g/mol. The van der Waals surface area contributed by atoms with Gasteiger partial charge in [0.1, 0.15) is 18.7 Å². The number of nitrogens with one attached hydrogen (secondary N) is 4. The topological polar surface area (TPSA) is 195 Å². The number of rotatable bonds is 18. The molecule has 0 radical (unpaired) electrons. The molecule has 0 heterocycles. The highest BCUT2D eigenvalue weighted by atomic mass is 16.5. The first-order valence-corrected chi connectivity index (χ1v) is 13.5. The second-order valence-electron chi connectivity index (χ2n) is 9.58. The fourth-order valence-electron chi connectivity index (χ4n) is 3.61. The van der Waals surface area contributed by atoms with Gasteiger partial charge in [0, 0.05) is 25.1 Å². The van der Waals surface area contributed by atoms with E-state index < -0.39 is 29.9 Å². The average molecular weight is 549 g/mol. The second-order valence-corrected chi connectivity index (χ2v) is 9.58. The van der Waals surface area contributed by atoms with Gasteiger partial charge in [-0.3, -0.25) is 19.2 Å². The maximum atomic E-state index is 13.1. The predicted molar refractivity (Wildman–Crippen MR) is 148 cm³/mol. The lowest BCUT2D eigenvalue weighted by molar-refractivity contribution is -0.144. The highest BCUT2D eigenvalue weighted by molar-refractivity contribution is 5.98. The number of benzene rings is 1. The molecule has 8 N–H and O–H groups in total. The number of unbranched alkanes of at least 4 members (excludes halogenated alkanes) is 2. The summed E-state index contributed by atoms with van der Waals surface area (Å²) >= 11 is 0. The van der Waals surface area contributed by atoms with Crippen molar-refractivity contribution < 1.29 is 28.7 Å². The Bertz CT molecular complexity index is 937. The van der Waals surface area contributed by atoms with Crippen molar-refractivity contribution in [1.82, 2.24) is 16.0 Å². The molecule has 1 aromatic rings. The van der Waals surface area contributed by atoms with Crippen LogP contribution >= 0.6 is 0 Å². The van der Waals surface area contributed by atoms with Crippen LogP contribution in [0.3, 0.4) is 0 Å². The van der Waals surface area contributed by atoms with E-state index in [4.69, 9.17) is 16.2 Å². The third kappa shape index (κ3) is 14.2. The lowest BCUT2D eigenvalue weighted by Crippen LogP contribution is -2.54. The summed E-state index contributed by atoms with van der Waals surface area (Å²) in [6.45, 7) is 6.25. The summed E-state index contributed by atoms with van der Waals surface area (Å²) in [5, 5.41) is 10.8. The van der Waals surface area contributed by atoms with E-state index in [1.807, 2.05) is 13.8 Å². The average Bonchev–Trinajstić information content (AvgIpc) is 2.90. The van der Waals surface area contributed by atoms with Gasteiger partial charge in [-0.15, -0.1) is 0 Å². The molecular formula is C27H44N6O6. The van der Waals surface area contributed by atoms with Gasteiger partial charge in [0.2, 0.25) is 17.7 Å². The molecule has 0 aromatic heterocycles. The van der Waals surface area contributed by atoms with Crippen molar-refractivity contribution in [2.45, 2.75) is 84.4 Å². The van der Waals surface area contributed by atoms with Crippen LogP contribution in [0.2, 0.25) is 0 Å². The molecule has 0 bridgehead atoms. The fraction of sp³-hybridized carbons (Fsp3) is 0.593. The van der Waals surface area contributed by atoms with E-state index in [2.05, 4.69) is 21.3 Å². The van der Waals surface area contributed by atoms with E-state index in [1.165, 1.54) is 0 Å². The quantitative estimate of drug-likeness (QED) is 0.118. The third-order valence-electron chi connectivity index (χ3n) is 5.89. The Balaban J connectivity index is 2.86. The van der Waals surface area contributed by atoms with Crippen LogP contribution in [0.4, 0.5) is 10.5 Å². The molecule has 5 amide bonds. The van der Waals surface area contributed by atoms with E-state index in [0.29, 0.717) is 25.1 Å². The SMILES string of the molecule is CCC(=O)OCc1ccc(NC(=O)[C@H](CCCNC(N)=O)NC(=O)[C@@H](NC(=O)CCCCCN)C(C)C)cc1. The Morgan fingerprint density at radius 1 is 0.923 bits per heavy atom. The Morgan fingerprint density at radius 2 is 1.62 bits per heavy atom. The van der Waals surface area contributed by atoms with Crippen molar-refractivity contribution in [2.75, 3.05) is 18.4 Å². The van der Waals surface area contributed by atoms with Gasteiger partial charge in [-0.2, -0.15) is 0 Å². The van der Waals surface area contributed by atoms with Crippen molar-refractivity contribution >= 4 is 35.4 Å². The third-order valence-corrected chi connectivity index (χ3v) is 5.89. The van der Waals surface area contributed by atoms with E-state index in [9.17, 15) is 24.0 Å². The number of amides is 5. The van der Waals surface area contributed by atoms with Gasteiger partial charge in [-0.05, 0) is 55.8 Å². The summed E-state index contributed by atoms with van der Waals surface area (Å²) in [6.07, 6.45) is 3.50. The second kappa shape index (κ2) is 18.6. The first-order chi connectivity index (χ1) is 18.6. The molecular weight excluding hydrogens is 504 g/mol. The number of urea groups is 1. The van der Waals surface area contributed by atoms with Gasteiger partial charge in [-0.1, -0.05) is 39.3 Å². The van der Waals surface area contributed by atoms with Gasteiger partial charge in [-0.25, -0.2) is 4.79 Å². The number of esters is 1. The molecule has 12 heteroatoms. The number of hydrogen-bond donors (Lipinski definition) is 6. The molecule has 0 fully saturated rings. The summed E-state index contributed by atoms with van der Waals surface area (Å²) in [4.78, 5) is 61.0. The Kier molecular flexibility index (Phi) is 15.9. The number of ether oxygens (including phenoxy) is 1. The fourth-order valence-corrected chi connectivity index (χ4v) is 3.61. The molecule has 12 nitrogen and oxygen atoms in total. The highest BCUT2D eigenvalue weighted by Gasteiger charge is 2.28. The molecule has 2 atom stereocenters. The van der Waals surface area contributed by atoms with E-state index >= 15 is 0 Å². The Labute approximate surface area is 230 Å². The number of carbonyl (C=O) groups excluding carboxylic acids is 5. The van der Waals surface area contributed by atoms with Crippen molar-refractivity contribution in [3.63, 3.8) is 0 Å². The smallest absolute Gasteiger partial charge is 0.312 e. The van der Waals surface area contributed by atoms with Crippen molar-refractivity contribution in [3.8, 4) is 0 Å². The minimum atomic E-state index is -0.930. The number of nitrogens with two attached hydrogens (primary N) is 2.